The van der Waals surface area contributed by atoms with Crippen LogP contribution in [0.25, 0.3) is 17.2 Å². The van der Waals surface area contributed by atoms with E-state index in [-0.39, 0.29) is 0 Å². The lowest BCUT2D eigenvalue weighted by molar-refractivity contribution is 0.107. The Kier molecular flexibility index (Phi) is 6.38. The molecule has 0 fully saturated rings. The number of anilines is 2. The third kappa shape index (κ3) is 5.25. The van der Waals surface area contributed by atoms with Gasteiger partial charge in [-0.2, -0.15) is 0 Å². The average molecular weight is 392 g/mol. The van der Waals surface area contributed by atoms with Crippen molar-refractivity contribution in [1.82, 2.24) is 0 Å². The SMILES string of the molecule is C=Cc1ccc(COCc2ccc(-c3ccc(Nc4ccccc4)cc3)cc2)cc1. The second-order valence-electron chi connectivity index (χ2n) is 7.20. The van der Waals surface area contributed by atoms with Crippen LogP contribution in [0, 0.1) is 0 Å². The molecule has 0 saturated carbocycles. The van der Waals surface area contributed by atoms with Crippen LogP contribution in [0.5, 0.6) is 0 Å². The fraction of sp³-hybridized carbons (Fsp3) is 0.0714. The zero-order valence-electron chi connectivity index (χ0n) is 16.9. The molecule has 0 spiro atoms. The lowest BCUT2D eigenvalue weighted by Crippen LogP contribution is -1.94. The van der Waals surface area contributed by atoms with Crippen LogP contribution < -0.4 is 5.32 Å². The summed E-state index contributed by atoms with van der Waals surface area (Å²) in [6.07, 6.45) is 1.85. The van der Waals surface area contributed by atoms with Gasteiger partial charge in [-0.1, -0.05) is 91.5 Å². The molecule has 0 atom stereocenters. The van der Waals surface area contributed by atoms with E-state index in [0.717, 1.165) is 16.9 Å². The minimum absolute atomic E-state index is 0.601. The van der Waals surface area contributed by atoms with Gasteiger partial charge in [-0.3, -0.25) is 0 Å². The first kappa shape index (κ1) is 19.7. The molecule has 0 heterocycles. The van der Waals surface area contributed by atoms with Crippen LogP contribution in [0.3, 0.4) is 0 Å². The first-order valence-corrected chi connectivity index (χ1v) is 10.1. The number of para-hydroxylation sites is 1. The second-order valence-corrected chi connectivity index (χ2v) is 7.20. The number of ether oxygens (including phenoxy) is 1. The van der Waals surface area contributed by atoms with Crippen molar-refractivity contribution < 1.29 is 4.74 Å². The monoisotopic (exact) mass is 391 g/mol. The lowest BCUT2D eigenvalue weighted by Gasteiger charge is -2.09. The fourth-order valence-corrected chi connectivity index (χ4v) is 3.26. The minimum atomic E-state index is 0.601. The van der Waals surface area contributed by atoms with Gasteiger partial charge in [-0.05, 0) is 52.1 Å². The molecule has 2 heteroatoms. The number of hydrogen-bond donors (Lipinski definition) is 1. The van der Waals surface area contributed by atoms with Crippen molar-refractivity contribution in [1.29, 1.82) is 0 Å². The molecule has 4 aromatic rings. The van der Waals surface area contributed by atoms with Gasteiger partial charge in [0.2, 0.25) is 0 Å². The maximum atomic E-state index is 5.86. The van der Waals surface area contributed by atoms with E-state index < -0.39 is 0 Å². The van der Waals surface area contributed by atoms with E-state index in [4.69, 9.17) is 4.74 Å². The molecule has 148 valence electrons. The van der Waals surface area contributed by atoms with Gasteiger partial charge in [0.1, 0.15) is 0 Å². The molecule has 0 bridgehead atoms. The molecule has 0 radical (unpaired) electrons. The van der Waals surface area contributed by atoms with Crippen LogP contribution >= 0.6 is 0 Å². The minimum Gasteiger partial charge on any atom is -0.372 e. The number of nitrogens with one attached hydrogen (secondary N) is 1. The molecular formula is C28H25NO. The summed E-state index contributed by atoms with van der Waals surface area (Å²) in [7, 11) is 0. The van der Waals surface area contributed by atoms with Crippen LogP contribution in [-0.2, 0) is 18.0 Å². The first-order chi connectivity index (χ1) is 14.8. The summed E-state index contributed by atoms with van der Waals surface area (Å²) in [6, 6.07) is 35.5. The van der Waals surface area contributed by atoms with Crippen molar-refractivity contribution in [2.24, 2.45) is 0 Å². The normalized spacial score (nSPS) is 10.5. The van der Waals surface area contributed by atoms with E-state index in [9.17, 15) is 0 Å². The van der Waals surface area contributed by atoms with Crippen molar-refractivity contribution in [3.05, 3.63) is 126 Å². The van der Waals surface area contributed by atoms with Gasteiger partial charge >= 0.3 is 0 Å². The molecule has 2 nitrogen and oxygen atoms in total. The Morgan fingerprint density at radius 1 is 0.600 bits per heavy atom. The molecule has 0 amide bonds. The third-order valence-corrected chi connectivity index (χ3v) is 4.99. The fourth-order valence-electron chi connectivity index (χ4n) is 3.26. The topological polar surface area (TPSA) is 21.3 Å². The van der Waals surface area contributed by atoms with Crippen molar-refractivity contribution in [3.63, 3.8) is 0 Å². The Morgan fingerprint density at radius 2 is 1.10 bits per heavy atom. The Morgan fingerprint density at radius 3 is 1.67 bits per heavy atom. The van der Waals surface area contributed by atoms with Gasteiger partial charge in [-0.25, -0.2) is 0 Å². The predicted octanol–water partition coefficient (Wildman–Crippen LogP) is 7.46. The maximum absolute atomic E-state index is 5.86. The highest BCUT2D eigenvalue weighted by Gasteiger charge is 2.01. The summed E-state index contributed by atoms with van der Waals surface area (Å²) in [5.41, 5.74) is 8.03. The first-order valence-electron chi connectivity index (χ1n) is 10.1. The summed E-state index contributed by atoms with van der Waals surface area (Å²) >= 11 is 0. The molecule has 30 heavy (non-hydrogen) atoms. The number of hydrogen-bond acceptors (Lipinski definition) is 2. The second kappa shape index (κ2) is 9.73. The summed E-state index contributed by atoms with van der Waals surface area (Å²) in [5.74, 6) is 0. The molecule has 1 N–H and O–H groups in total. The number of rotatable bonds is 8. The number of benzene rings is 4. The maximum Gasteiger partial charge on any atom is 0.0721 e. The van der Waals surface area contributed by atoms with Gasteiger partial charge < -0.3 is 10.1 Å². The highest BCUT2D eigenvalue weighted by Crippen LogP contribution is 2.24. The van der Waals surface area contributed by atoms with Crippen LogP contribution in [0.2, 0.25) is 0 Å². The lowest BCUT2D eigenvalue weighted by atomic mass is 10.0. The summed E-state index contributed by atoms with van der Waals surface area (Å²) in [5, 5.41) is 3.41. The van der Waals surface area contributed by atoms with Crippen molar-refractivity contribution in [3.8, 4) is 11.1 Å². The zero-order valence-corrected chi connectivity index (χ0v) is 16.9. The Labute approximate surface area is 178 Å². The highest BCUT2D eigenvalue weighted by molar-refractivity contribution is 5.68. The van der Waals surface area contributed by atoms with E-state index >= 15 is 0 Å². The van der Waals surface area contributed by atoms with Gasteiger partial charge in [0, 0.05) is 11.4 Å². The predicted molar refractivity (Wildman–Crippen MR) is 127 cm³/mol. The molecule has 0 unspecified atom stereocenters. The van der Waals surface area contributed by atoms with Crippen molar-refractivity contribution in [2.45, 2.75) is 13.2 Å². The van der Waals surface area contributed by atoms with Crippen molar-refractivity contribution in [2.75, 3.05) is 5.32 Å². The smallest absolute Gasteiger partial charge is 0.0721 e. The molecule has 0 aliphatic carbocycles. The van der Waals surface area contributed by atoms with Crippen LogP contribution in [0.1, 0.15) is 16.7 Å². The summed E-state index contributed by atoms with van der Waals surface area (Å²) < 4.78 is 5.86. The molecule has 4 rings (SSSR count). The molecule has 0 aliphatic heterocycles. The van der Waals surface area contributed by atoms with Crippen molar-refractivity contribution >= 4 is 17.5 Å². The zero-order chi connectivity index (χ0) is 20.6. The quantitative estimate of drug-likeness (QED) is 0.337. The molecule has 4 aromatic carbocycles. The van der Waals surface area contributed by atoms with E-state index in [1.807, 2.05) is 24.3 Å². The van der Waals surface area contributed by atoms with Gasteiger partial charge in [0.25, 0.3) is 0 Å². The van der Waals surface area contributed by atoms with Crippen LogP contribution in [-0.4, -0.2) is 0 Å². The molecular weight excluding hydrogens is 366 g/mol. The van der Waals surface area contributed by atoms with E-state index in [0.29, 0.717) is 13.2 Å². The Balaban J connectivity index is 1.32. The summed E-state index contributed by atoms with van der Waals surface area (Å²) in [6.45, 7) is 4.98. The molecule has 0 aliphatic rings. The Bertz CT molecular complexity index is 1070. The van der Waals surface area contributed by atoms with Gasteiger partial charge in [-0.15, -0.1) is 0 Å². The molecule has 0 aromatic heterocycles. The van der Waals surface area contributed by atoms with Gasteiger partial charge in [0.15, 0.2) is 0 Å². The highest BCUT2D eigenvalue weighted by atomic mass is 16.5. The third-order valence-electron chi connectivity index (χ3n) is 4.99. The average Bonchev–Trinajstić information content (AvgIpc) is 2.81. The summed E-state index contributed by atoms with van der Waals surface area (Å²) in [4.78, 5) is 0. The standard InChI is InChI=1S/C28H25NO/c1-2-22-8-10-23(11-9-22)20-30-21-24-12-14-25(15-13-24)26-16-18-28(19-17-26)29-27-6-4-3-5-7-27/h2-19,29H,1,20-21H2. The Hall–Kier alpha value is -3.62. The molecule has 0 saturated heterocycles. The largest absolute Gasteiger partial charge is 0.372 e. The van der Waals surface area contributed by atoms with Gasteiger partial charge in [0.05, 0.1) is 13.2 Å². The van der Waals surface area contributed by atoms with Crippen LogP contribution in [0.4, 0.5) is 11.4 Å². The van der Waals surface area contributed by atoms with Crippen LogP contribution in [0.15, 0.2) is 110 Å². The van der Waals surface area contributed by atoms with E-state index in [1.165, 1.54) is 22.3 Å². The van der Waals surface area contributed by atoms with E-state index in [1.54, 1.807) is 0 Å². The van der Waals surface area contributed by atoms with E-state index in [2.05, 4.69) is 96.8 Å².